The maximum absolute atomic E-state index is 12.9. The van der Waals surface area contributed by atoms with Crippen LogP contribution >= 0.6 is 11.6 Å². The zero-order chi connectivity index (χ0) is 18.5. The van der Waals surface area contributed by atoms with Gasteiger partial charge in [-0.2, -0.15) is 0 Å². The van der Waals surface area contributed by atoms with Crippen molar-refractivity contribution >= 4 is 23.2 Å². The number of amides is 1. The number of carbonyl (C=O) groups is 1. The molecule has 0 aliphatic carbocycles. The van der Waals surface area contributed by atoms with Crippen LogP contribution in [0.15, 0.2) is 48.5 Å². The number of para-hydroxylation sites is 1. The number of ether oxygens (including phenoxy) is 1. The summed E-state index contributed by atoms with van der Waals surface area (Å²) in [6.07, 6.45) is 0.218. The average Bonchev–Trinajstić information content (AvgIpc) is 2.67. The molecular weight excluding hydrogens is 348 g/mol. The standard InChI is InChI=1S/C21H25ClN2O2/c1-3-19(26-20-10-5-4-7-16(20)2)21(25)24-13-11-23(12-14-24)18-9-6-8-17(22)15-18/h4-10,15,19H,3,11-14H2,1-2H3. The van der Waals surface area contributed by atoms with E-state index in [0.29, 0.717) is 19.5 Å². The van der Waals surface area contributed by atoms with Gasteiger partial charge in [0, 0.05) is 36.9 Å². The van der Waals surface area contributed by atoms with Gasteiger partial charge in [0.1, 0.15) is 5.75 Å². The van der Waals surface area contributed by atoms with Crippen LogP contribution in [0.25, 0.3) is 0 Å². The molecule has 3 rings (SSSR count). The number of rotatable bonds is 5. The maximum Gasteiger partial charge on any atom is 0.263 e. The fraction of sp³-hybridized carbons (Fsp3) is 0.381. The molecular formula is C21H25ClN2O2. The minimum absolute atomic E-state index is 0.0708. The van der Waals surface area contributed by atoms with Crippen molar-refractivity contribution in [1.82, 2.24) is 4.90 Å². The predicted octanol–water partition coefficient (Wildman–Crippen LogP) is 4.15. The molecule has 1 aliphatic heterocycles. The third-order valence-electron chi connectivity index (χ3n) is 4.77. The normalized spacial score (nSPS) is 15.7. The summed E-state index contributed by atoms with van der Waals surface area (Å²) in [4.78, 5) is 17.1. The molecule has 1 amide bonds. The van der Waals surface area contributed by atoms with Crippen molar-refractivity contribution in [3.8, 4) is 5.75 Å². The van der Waals surface area contributed by atoms with Crippen LogP contribution in [-0.2, 0) is 4.79 Å². The van der Waals surface area contributed by atoms with Crippen LogP contribution < -0.4 is 9.64 Å². The van der Waals surface area contributed by atoms with Crippen LogP contribution in [0.3, 0.4) is 0 Å². The molecule has 138 valence electrons. The Morgan fingerprint density at radius 3 is 2.50 bits per heavy atom. The number of halogens is 1. The second-order valence-corrected chi connectivity index (χ2v) is 7.01. The maximum atomic E-state index is 12.9. The number of nitrogens with zero attached hydrogens (tertiary/aromatic N) is 2. The monoisotopic (exact) mass is 372 g/mol. The first-order valence-corrected chi connectivity index (χ1v) is 9.48. The average molecular weight is 373 g/mol. The van der Waals surface area contributed by atoms with Crippen molar-refractivity contribution < 1.29 is 9.53 Å². The topological polar surface area (TPSA) is 32.8 Å². The molecule has 0 spiro atoms. The van der Waals surface area contributed by atoms with Crippen LogP contribution in [0.5, 0.6) is 5.75 Å². The molecule has 0 radical (unpaired) electrons. The second kappa shape index (κ2) is 8.45. The molecule has 0 aromatic heterocycles. The van der Waals surface area contributed by atoms with E-state index in [1.165, 1.54) is 0 Å². The number of hydrogen-bond acceptors (Lipinski definition) is 3. The molecule has 1 atom stereocenters. The summed E-state index contributed by atoms with van der Waals surface area (Å²) in [7, 11) is 0. The molecule has 0 bridgehead atoms. The SMILES string of the molecule is CCC(Oc1ccccc1C)C(=O)N1CCN(c2cccc(Cl)c2)CC1. The summed E-state index contributed by atoms with van der Waals surface area (Å²) in [6, 6.07) is 15.7. The van der Waals surface area contributed by atoms with Gasteiger partial charge in [0.2, 0.25) is 0 Å². The quantitative estimate of drug-likeness (QED) is 0.790. The third-order valence-corrected chi connectivity index (χ3v) is 5.01. The first kappa shape index (κ1) is 18.6. The predicted molar refractivity (Wildman–Crippen MR) is 106 cm³/mol. The van der Waals surface area contributed by atoms with Crippen LogP contribution in [0, 0.1) is 6.92 Å². The number of aryl methyl sites for hydroxylation is 1. The molecule has 2 aromatic rings. The van der Waals surface area contributed by atoms with Crippen molar-refractivity contribution in [2.45, 2.75) is 26.4 Å². The van der Waals surface area contributed by atoms with Gasteiger partial charge < -0.3 is 14.5 Å². The molecule has 2 aromatic carbocycles. The Bertz CT molecular complexity index is 757. The molecule has 1 saturated heterocycles. The summed E-state index contributed by atoms with van der Waals surface area (Å²) < 4.78 is 6.01. The van der Waals surface area contributed by atoms with Gasteiger partial charge in [-0.05, 0) is 43.2 Å². The molecule has 0 saturated carbocycles. The van der Waals surface area contributed by atoms with Crippen molar-refractivity contribution in [3.05, 3.63) is 59.1 Å². The molecule has 0 N–H and O–H groups in total. The molecule has 1 unspecified atom stereocenters. The Morgan fingerprint density at radius 1 is 1.12 bits per heavy atom. The van der Waals surface area contributed by atoms with Crippen LogP contribution in [0.1, 0.15) is 18.9 Å². The Balaban J connectivity index is 1.60. The smallest absolute Gasteiger partial charge is 0.263 e. The summed E-state index contributed by atoms with van der Waals surface area (Å²) in [6.45, 7) is 6.97. The van der Waals surface area contributed by atoms with E-state index < -0.39 is 6.10 Å². The fourth-order valence-corrected chi connectivity index (χ4v) is 3.40. The second-order valence-electron chi connectivity index (χ2n) is 6.57. The summed E-state index contributed by atoms with van der Waals surface area (Å²) in [5, 5.41) is 0.735. The highest BCUT2D eigenvalue weighted by molar-refractivity contribution is 6.30. The van der Waals surface area contributed by atoms with E-state index in [4.69, 9.17) is 16.3 Å². The largest absolute Gasteiger partial charge is 0.480 e. The van der Waals surface area contributed by atoms with Gasteiger partial charge in [0.25, 0.3) is 5.91 Å². The Hall–Kier alpha value is -2.20. The van der Waals surface area contributed by atoms with Gasteiger partial charge in [-0.3, -0.25) is 4.79 Å². The zero-order valence-corrected chi connectivity index (χ0v) is 16.1. The van der Waals surface area contributed by atoms with Crippen LogP contribution in [-0.4, -0.2) is 43.1 Å². The number of hydrogen-bond donors (Lipinski definition) is 0. The first-order chi connectivity index (χ1) is 12.6. The van der Waals surface area contributed by atoms with E-state index in [-0.39, 0.29) is 5.91 Å². The Morgan fingerprint density at radius 2 is 1.85 bits per heavy atom. The van der Waals surface area contributed by atoms with Gasteiger partial charge >= 0.3 is 0 Å². The zero-order valence-electron chi connectivity index (χ0n) is 15.3. The lowest BCUT2D eigenvalue weighted by atomic mass is 10.2. The van der Waals surface area contributed by atoms with E-state index in [1.54, 1.807) is 0 Å². The number of anilines is 1. The summed E-state index contributed by atoms with van der Waals surface area (Å²) in [5.41, 5.74) is 2.15. The van der Waals surface area contributed by atoms with E-state index in [0.717, 1.165) is 35.1 Å². The van der Waals surface area contributed by atoms with Crippen molar-refractivity contribution in [3.63, 3.8) is 0 Å². The highest BCUT2D eigenvalue weighted by Crippen LogP contribution is 2.22. The van der Waals surface area contributed by atoms with E-state index in [2.05, 4.69) is 11.0 Å². The number of piperazine rings is 1. The van der Waals surface area contributed by atoms with Gasteiger partial charge in [-0.15, -0.1) is 0 Å². The van der Waals surface area contributed by atoms with E-state index >= 15 is 0 Å². The lowest BCUT2D eigenvalue weighted by Gasteiger charge is -2.37. The van der Waals surface area contributed by atoms with Gasteiger partial charge in [-0.1, -0.05) is 42.8 Å². The highest BCUT2D eigenvalue weighted by atomic mass is 35.5. The van der Waals surface area contributed by atoms with E-state index in [9.17, 15) is 4.79 Å². The molecule has 1 fully saturated rings. The molecule has 26 heavy (non-hydrogen) atoms. The van der Waals surface area contributed by atoms with Crippen LogP contribution in [0.4, 0.5) is 5.69 Å². The lowest BCUT2D eigenvalue weighted by molar-refractivity contribution is -0.139. The van der Waals surface area contributed by atoms with Gasteiger partial charge in [0.15, 0.2) is 6.10 Å². The van der Waals surface area contributed by atoms with Gasteiger partial charge in [0.05, 0.1) is 0 Å². The fourth-order valence-electron chi connectivity index (χ4n) is 3.21. The lowest BCUT2D eigenvalue weighted by Crippen LogP contribution is -2.52. The van der Waals surface area contributed by atoms with Crippen molar-refractivity contribution in [1.29, 1.82) is 0 Å². The van der Waals surface area contributed by atoms with Crippen molar-refractivity contribution in [2.75, 3.05) is 31.1 Å². The molecule has 1 heterocycles. The molecule has 4 nitrogen and oxygen atoms in total. The Labute approximate surface area is 160 Å². The summed E-state index contributed by atoms with van der Waals surface area (Å²) >= 11 is 6.09. The van der Waals surface area contributed by atoms with Crippen molar-refractivity contribution in [2.24, 2.45) is 0 Å². The Kier molecular flexibility index (Phi) is 6.04. The van der Waals surface area contributed by atoms with E-state index in [1.807, 2.05) is 61.2 Å². The van der Waals surface area contributed by atoms with Crippen LogP contribution in [0.2, 0.25) is 5.02 Å². The number of carbonyl (C=O) groups excluding carboxylic acids is 1. The first-order valence-electron chi connectivity index (χ1n) is 9.10. The minimum atomic E-state index is -0.436. The molecule has 5 heteroatoms. The minimum Gasteiger partial charge on any atom is -0.480 e. The van der Waals surface area contributed by atoms with Gasteiger partial charge in [-0.25, -0.2) is 0 Å². The third kappa shape index (κ3) is 4.31. The molecule has 1 aliphatic rings. The summed E-state index contributed by atoms with van der Waals surface area (Å²) in [5.74, 6) is 0.853. The number of benzene rings is 2. The highest BCUT2D eigenvalue weighted by Gasteiger charge is 2.28.